The molecule has 128 valence electrons. The van der Waals surface area contributed by atoms with E-state index in [1.54, 1.807) is 25.2 Å². The minimum Gasteiger partial charge on any atom is -0.506 e. The summed E-state index contributed by atoms with van der Waals surface area (Å²) < 4.78 is 6.64. The van der Waals surface area contributed by atoms with E-state index in [0.717, 1.165) is 11.1 Å². The highest BCUT2D eigenvalue weighted by molar-refractivity contribution is 6.05. The number of hydrogen-bond acceptors (Lipinski definition) is 4. The number of methoxy groups -OCH3 is 1. The first kappa shape index (κ1) is 16.8. The summed E-state index contributed by atoms with van der Waals surface area (Å²) >= 11 is 0. The maximum atomic E-state index is 12.7. The van der Waals surface area contributed by atoms with Crippen molar-refractivity contribution < 1.29 is 14.6 Å². The number of aromatic hydroxyl groups is 1. The molecule has 0 saturated carbocycles. The van der Waals surface area contributed by atoms with E-state index in [4.69, 9.17) is 4.74 Å². The van der Waals surface area contributed by atoms with E-state index in [1.807, 2.05) is 31.2 Å². The number of fused-ring (bicyclic) bond motifs is 1. The van der Waals surface area contributed by atoms with Crippen molar-refractivity contribution in [2.24, 2.45) is 7.05 Å². The van der Waals surface area contributed by atoms with Gasteiger partial charge in [-0.25, -0.2) is 0 Å². The van der Waals surface area contributed by atoms with Gasteiger partial charge in [-0.1, -0.05) is 35.9 Å². The van der Waals surface area contributed by atoms with E-state index in [0.29, 0.717) is 16.7 Å². The van der Waals surface area contributed by atoms with Gasteiger partial charge in [0.05, 0.1) is 18.0 Å². The number of carbonyl (C=O) groups excluding carboxylic acids is 1. The van der Waals surface area contributed by atoms with E-state index in [-0.39, 0.29) is 17.7 Å². The first-order chi connectivity index (χ1) is 11.9. The zero-order valence-corrected chi connectivity index (χ0v) is 14.4. The summed E-state index contributed by atoms with van der Waals surface area (Å²) in [5.74, 6) is -0.336. The molecule has 0 spiro atoms. The van der Waals surface area contributed by atoms with Gasteiger partial charge in [0, 0.05) is 13.5 Å². The Balaban J connectivity index is 2.17. The number of ether oxygens (including phenoxy) is 1. The Labute approximate surface area is 145 Å². The lowest BCUT2D eigenvalue weighted by Crippen LogP contribution is -2.25. The van der Waals surface area contributed by atoms with Gasteiger partial charge >= 0.3 is 0 Å². The highest BCUT2D eigenvalue weighted by Crippen LogP contribution is 2.34. The molecule has 0 aliphatic carbocycles. The molecule has 1 N–H and O–H groups in total. The monoisotopic (exact) mass is 337 g/mol. The molecule has 0 atom stereocenters. The first-order valence-corrected chi connectivity index (χ1v) is 7.91. The Kier molecular flexibility index (Phi) is 4.31. The third-order valence-electron chi connectivity index (χ3n) is 4.34. The van der Waals surface area contributed by atoms with Crippen LogP contribution in [0, 0.1) is 6.92 Å². The lowest BCUT2D eigenvalue weighted by atomic mass is 10.00. The molecule has 0 aliphatic rings. The lowest BCUT2D eigenvalue weighted by molar-refractivity contribution is 0.0988. The predicted molar refractivity (Wildman–Crippen MR) is 96.6 cm³/mol. The van der Waals surface area contributed by atoms with Gasteiger partial charge in [0.2, 0.25) is 0 Å². The maximum absolute atomic E-state index is 12.7. The van der Waals surface area contributed by atoms with Gasteiger partial charge in [-0.3, -0.25) is 9.59 Å². The van der Waals surface area contributed by atoms with Crippen LogP contribution in [-0.4, -0.2) is 22.6 Å². The molecule has 0 unspecified atom stereocenters. The molecular weight excluding hydrogens is 318 g/mol. The Bertz CT molecular complexity index is 1020. The van der Waals surface area contributed by atoms with Crippen molar-refractivity contribution in [1.82, 2.24) is 4.57 Å². The number of nitrogens with zero attached hydrogens (tertiary/aromatic N) is 1. The Morgan fingerprint density at radius 1 is 1.16 bits per heavy atom. The van der Waals surface area contributed by atoms with Crippen LogP contribution in [0.4, 0.5) is 0 Å². The fourth-order valence-electron chi connectivity index (χ4n) is 2.94. The van der Waals surface area contributed by atoms with Crippen LogP contribution in [0.5, 0.6) is 11.5 Å². The van der Waals surface area contributed by atoms with Crippen molar-refractivity contribution >= 4 is 16.7 Å². The molecule has 3 aromatic rings. The number of Topliss-reactive ketones (excluding diaryl/α,β-unsaturated/α-hetero) is 1. The SMILES string of the molecule is COc1cccc2c1c(O)c(C(=O)Cc1ccc(C)cc1)c(=O)n2C. The average Bonchev–Trinajstić information content (AvgIpc) is 2.61. The van der Waals surface area contributed by atoms with E-state index < -0.39 is 11.3 Å². The number of hydrogen-bond donors (Lipinski definition) is 1. The molecule has 2 aromatic carbocycles. The van der Waals surface area contributed by atoms with Gasteiger partial charge in [0.1, 0.15) is 17.1 Å². The second kappa shape index (κ2) is 6.43. The molecule has 5 nitrogen and oxygen atoms in total. The zero-order valence-electron chi connectivity index (χ0n) is 14.4. The topological polar surface area (TPSA) is 68.5 Å². The highest BCUT2D eigenvalue weighted by atomic mass is 16.5. The van der Waals surface area contributed by atoms with Crippen LogP contribution in [0.15, 0.2) is 47.3 Å². The molecule has 0 fully saturated rings. The van der Waals surface area contributed by atoms with Crippen molar-refractivity contribution in [3.8, 4) is 11.5 Å². The van der Waals surface area contributed by atoms with Crippen molar-refractivity contribution in [1.29, 1.82) is 0 Å². The number of carbonyl (C=O) groups is 1. The summed E-state index contributed by atoms with van der Waals surface area (Å²) in [5, 5.41) is 11.0. The van der Waals surface area contributed by atoms with Gasteiger partial charge in [-0.15, -0.1) is 0 Å². The Hall–Kier alpha value is -3.08. The number of aryl methyl sites for hydroxylation is 2. The Morgan fingerprint density at radius 2 is 1.84 bits per heavy atom. The third-order valence-corrected chi connectivity index (χ3v) is 4.34. The summed E-state index contributed by atoms with van der Waals surface area (Å²) in [7, 11) is 3.05. The first-order valence-electron chi connectivity index (χ1n) is 7.91. The molecular formula is C20H19NO4. The van der Waals surface area contributed by atoms with Crippen molar-refractivity contribution in [3.63, 3.8) is 0 Å². The molecule has 1 heterocycles. The van der Waals surface area contributed by atoms with Crippen LogP contribution < -0.4 is 10.3 Å². The van der Waals surface area contributed by atoms with Crippen LogP contribution >= 0.6 is 0 Å². The highest BCUT2D eigenvalue weighted by Gasteiger charge is 2.23. The number of pyridine rings is 1. The van der Waals surface area contributed by atoms with Crippen LogP contribution in [0.3, 0.4) is 0 Å². The standard InChI is InChI=1S/C20H19NO4/c1-12-7-9-13(10-8-12)11-15(22)18-19(23)17-14(21(2)20(18)24)5-4-6-16(17)25-3/h4-10,23H,11H2,1-3H3. The third kappa shape index (κ3) is 2.89. The molecule has 0 radical (unpaired) electrons. The van der Waals surface area contributed by atoms with Gasteiger partial charge in [0.15, 0.2) is 5.78 Å². The molecule has 1 aromatic heterocycles. The van der Waals surface area contributed by atoms with Crippen LogP contribution in [-0.2, 0) is 13.5 Å². The molecule has 3 rings (SSSR count). The predicted octanol–water partition coefficient (Wildman–Crippen LogP) is 2.99. The van der Waals surface area contributed by atoms with Gasteiger partial charge in [-0.2, -0.15) is 0 Å². The van der Waals surface area contributed by atoms with Crippen molar-refractivity contribution in [3.05, 3.63) is 69.5 Å². The number of ketones is 1. The van der Waals surface area contributed by atoms with Gasteiger partial charge in [0.25, 0.3) is 5.56 Å². The summed E-state index contributed by atoms with van der Waals surface area (Å²) in [4.78, 5) is 25.4. The molecule has 0 saturated heterocycles. The normalized spacial score (nSPS) is 10.8. The van der Waals surface area contributed by atoms with Crippen LogP contribution in [0.2, 0.25) is 0 Å². The number of aromatic nitrogens is 1. The van der Waals surface area contributed by atoms with Crippen LogP contribution in [0.1, 0.15) is 21.5 Å². The molecule has 25 heavy (non-hydrogen) atoms. The quantitative estimate of drug-likeness (QED) is 0.743. The van der Waals surface area contributed by atoms with Gasteiger partial charge in [-0.05, 0) is 24.6 Å². The maximum Gasteiger partial charge on any atom is 0.265 e. The minimum absolute atomic E-state index is 0.0454. The van der Waals surface area contributed by atoms with E-state index >= 15 is 0 Å². The fourth-order valence-corrected chi connectivity index (χ4v) is 2.94. The average molecular weight is 337 g/mol. The second-order valence-electron chi connectivity index (χ2n) is 6.03. The molecule has 0 aliphatic heterocycles. The smallest absolute Gasteiger partial charge is 0.265 e. The largest absolute Gasteiger partial charge is 0.506 e. The van der Waals surface area contributed by atoms with E-state index in [2.05, 4.69) is 0 Å². The molecule has 5 heteroatoms. The van der Waals surface area contributed by atoms with E-state index in [9.17, 15) is 14.7 Å². The summed E-state index contributed by atoms with van der Waals surface area (Å²) in [6.45, 7) is 1.96. The summed E-state index contributed by atoms with van der Waals surface area (Å²) in [6, 6.07) is 12.6. The lowest BCUT2D eigenvalue weighted by Gasteiger charge is -2.13. The van der Waals surface area contributed by atoms with Crippen molar-refractivity contribution in [2.75, 3.05) is 7.11 Å². The number of rotatable bonds is 4. The zero-order chi connectivity index (χ0) is 18.1. The fraction of sp³-hybridized carbons (Fsp3) is 0.200. The van der Waals surface area contributed by atoms with E-state index in [1.165, 1.54) is 11.7 Å². The van der Waals surface area contributed by atoms with Crippen molar-refractivity contribution in [2.45, 2.75) is 13.3 Å². The summed E-state index contributed by atoms with van der Waals surface area (Å²) in [6.07, 6.45) is 0.0454. The second-order valence-corrected chi connectivity index (χ2v) is 6.03. The van der Waals surface area contributed by atoms with Gasteiger partial charge < -0.3 is 14.4 Å². The number of benzene rings is 2. The minimum atomic E-state index is -0.518. The molecule has 0 bridgehead atoms. The Morgan fingerprint density at radius 3 is 2.48 bits per heavy atom. The molecule has 0 amide bonds. The summed E-state index contributed by atoms with van der Waals surface area (Å²) in [5.41, 5.74) is 1.66. The van der Waals surface area contributed by atoms with Crippen LogP contribution in [0.25, 0.3) is 10.9 Å².